The van der Waals surface area contributed by atoms with E-state index in [-0.39, 0.29) is 43.6 Å². The summed E-state index contributed by atoms with van der Waals surface area (Å²) < 4.78 is 19.2. The quantitative estimate of drug-likeness (QED) is 0.203. The number of nitrogens with zero attached hydrogens (tertiary/aromatic N) is 2. The van der Waals surface area contributed by atoms with Crippen molar-refractivity contribution < 1.29 is 33.4 Å². The zero-order valence-corrected chi connectivity index (χ0v) is 26.1. The Bertz CT molecular complexity index is 1830. The molecule has 12 heteroatoms. The molecule has 0 aliphatic carbocycles. The van der Waals surface area contributed by atoms with Crippen LogP contribution in [-0.4, -0.2) is 49.9 Å². The molecule has 4 atom stereocenters. The van der Waals surface area contributed by atoms with Crippen LogP contribution in [0.1, 0.15) is 80.6 Å². The Hall–Kier alpha value is -4.68. The van der Waals surface area contributed by atoms with E-state index < -0.39 is 41.1 Å². The van der Waals surface area contributed by atoms with Crippen molar-refractivity contribution in [1.82, 2.24) is 20.6 Å². The maximum Gasteiger partial charge on any atom is 0.252 e. The second-order valence-corrected chi connectivity index (χ2v) is 12.6. The van der Waals surface area contributed by atoms with Gasteiger partial charge in [0.15, 0.2) is 17.7 Å². The van der Waals surface area contributed by atoms with E-state index in [0.29, 0.717) is 22.9 Å². The van der Waals surface area contributed by atoms with Crippen LogP contribution in [0.2, 0.25) is 0 Å². The predicted molar refractivity (Wildman–Crippen MR) is 166 cm³/mol. The Morgan fingerprint density at radius 3 is 2.63 bits per heavy atom. The third kappa shape index (κ3) is 4.42. The van der Waals surface area contributed by atoms with Crippen molar-refractivity contribution in [2.75, 3.05) is 5.32 Å². The molecule has 7 rings (SSSR count). The van der Waals surface area contributed by atoms with Crippen molar-refractivity contribution in [3.63, 3.8) is 0 Å². The summed E-state index contributed by atoms with van der Waals surface area (Å²) in [6, 6.07) is 11.9. The zero-order chi connectivity index (χ0) is 32.4. The smallest absolute Gasteiger partial charge is 0.252 e. The summed E-state index contributed by atoms with van der Waals surface area (Å²) in [4.78, 5) is 36.8. The SMILES string of the molecule is CCC(O)(CC)C(=O)N[C@H]1Cc2ccc3c(c2)[C@@]2(c4ccccc4NC2O3)c2oc(nc2-c2nc(CO)co2)[C@H](C(C)C)NC1=O. The Kier molecular flexibility index (Phi) is 7.17. The van der Waals surface area contributed by atoms with Gasteiger partial charge in [-0.3, -0.25) is 9.59 Å². The summed E-state index contributed by atoms with van der Waals surface area (Å²) in [7, 11) is 0. The number of aliphatic hydroxyl groups excluding tert-OH is 1. The number of oxazole rings is 2. The number of amides is 2. The second-order valence-electron chi connectivity index (χ2n) is 12.6. The van der Waals surface area contributed by atoms with Crippen LogP contribution in [0.3, 0.4) is 0 Å². The summed E-state index contributed by atoms with van der Waals surface area (Å²) in [6.07, 6.45) is 1.32. The Morgan fingerprint density at radius 1 is 1.13 bits per heavy atom. The number of aromatic nitrogens is 2. The minimum absolute atomic E-state index is 0.156. The highest BCUT2D eigenvalue weighted by atomic mass is 16.5. The van der Waals surface area contributed by atoms with Gasteiger partial charge in [-0.25, -0.2) is 9.97 Å². The number of para-hydroxylation sites is 1. The molecular formula is C34H37N5O7. The molecule has 12 nitrogen and oxygen atoms in total. The van der Waals surface area contributed by atoms with Crippen molar-refractivity contribution >= 4 is 17.5 Å². The fraction of sp³-hybridized carbons (Fsp3) is 0.412. The summed E-state index contributed by atoms with van der Waals surface area (Å²) in [5, 5.41) is 30.2. The number of nitrogens with one attached hydrogen (secondary N) is 3. The van der Waals surface area contributed by atoms with Gasteiger partial charge in [-0.2, -0.15) is 0 Å². The standard InChI is InChI=1S/C34H37N5O7/c1-5-33(43,6-2)31(42)36-23-14-18-11-12-24-21(13-18)34(20-9-7-8-10-22(20)37-32(34)45-24)27-26(29-35-19(15-40)16-44-29)39-30(46-27)25(17(3)4)38-28(23)41/h7-13,16-17,23,25,32,37,40,43H,5-6,14-15H2,1-4H3,(H,36,42)(H,38,41)/t23-,25-,32?,34-/m0/s1. The normalized spacial score (nSPS) is 23.0. The molecule has 1 spiro atoms. The largest absolute Gasteiger partial charge is 0.469 e. The van der Waals surface area contributed by atoms with Gasteiger partial charge in [0.25, 0.3) is 5.91 Å². The maximum atomic E-state index is 14.0. The van der Waals surface area contributed by atoms with Crippen LogP contribution in [0, 0.1) is 5.92 Å². The van der Waals surface area contributed by atoms with Gasteiger partial charge in [0.05, 0.1) is 6.61 Å². The van der Waals surface area contributed by atoms with Crippen LogP contribution in [-0.2, 0) is 28.0 Å². The first-order chi connectivity index (χ1) is 22.1. The monoisotopic (exact) mass is 627 g/mol. The lowest BCUT2D eigenvalue weighted by molar-refractivity contribution is -0.143. The van der Waals surface area contributed by atoms with E-state index in [1.54, 1.807) is 13.8 Å². The fourth-order valence-corrected chi connectivity index (χ4v) is 6.80. The van der Waals surface area contributed by atoms with E-state index in [4.69, 9.17) is 18.6 Å². The first-order valence-electron chi connectivity index (χ1n) is 15.7. The van der Waals surface area contributed by atoms with Crippen LogP contribution < -0.4 is 20.7 Å². The third-order valence-corrected chi connectivity index (χ3v) is 9.55. The van der Waals surface area contributed by atoms with E-state index in [0.717, 1.165) is 22.4 Å². The van der Waals surface area contributed by atoms with Crippen LogP contribution in [0.15, 0.2) is 57.6 Å². The number of carbonyl (C=O) groups is 2. The molecular weight excluding hydrogens is 590 g/mol. The molecule has 3 aliphatic heterocycles. The highest BCUT2D eigenvalue weighted by Gasteiger charge is 2.61. The number of fused-ring (bicyclic) bond motifs is 4. The molecule has 1 unspecified atom stereocenters. The van der Waals surface area contributed by atoms with Crippen LogP contribution in [0.4, 0.5) is 5.69 Å². The second kappa shape index (κ2) is 11.0. The van der Waals surface area contributed by atoms with Crippen molar-refractivity contribution in [2.45, 2.75) is 82.9 Å². The first kappa shape index (κ1) is 30.0. The van der Waals surface area contributed by atoms with Gasteiger partial charge in [-0.1, -0.05) is 58.0 Å². The number of rotatable bonds is 7. The molecule has 4 bridgehead atoms. The summed E-state index contributed by atoms with van der Waals surface area (Å²) >= 11 is 0. The molecule has 46 heavy (non-hydrogen) atoms. The lowest BCUT2D eigenvalue weighted by Crippen LogP contribution is -2.55. The van der Waals surface area contributed by atoms with Crippen molar-refractivity contribution in [3.8, 4) is 17.3 Å². The number of ether oxygens (including phenoxy) is 1. The van der Waals surface area contributed by atoms with E-state index in [9.17, 15) is 19.8 Å². The van der Waals surface area contributed by atoms with E-state index in [2.05, 4.69) is 20.9 Å². The number of benzene rings is 2. The zero-order valence-electron chi connectivity index (χ0n) is 26.1. The minimum atomic E-state index is -1.61. The molecule has 0 radical (unpaired) electrons. The van der Waals surface area contributed by atoms with E-state index >= 15 is 0 Å². The van der Waals surface area contributed by atoms with Crippen molar-refractivity contribution in [3.05, 3.63) is 82.8 Å². The van der Waals surface area contributed by atoms with Crippen LogP contribution in [0.5, 0.6) is 5.75 Å². The van der Waals surface area contributed by atoms with Gasteiger partial charge in [0.2, 0.25) is 17.7 Å². The van der Waals surface area contributed by atoms with Crippen molar-refractivity contribution in [2.24, 2.45) is 5.92 Å². The molecule has 0 fully saturated rings. The molecule has 240 valence electrons. The predicted octanol–water partition coefficient (Wildman–Crippen LogP) is 3.71. The van der Waals surface area contributed by atoms with Gasteiger partial charge in [-0.15, -0.1) is 0 Å². The van der Waals surface area contributed by atoms with E-state index in [1.165, 1.54) is 6.26 Å². The third-order valence-electron chi connectivity index (χ3n) is 9.55. The maximum absolute atomic E-state index is 14.0. The molecule has 5 N–H and O–H groups in total. The average Bonchev–Trinajstić information content (AvgIpc) is 3.83. The molecule has 2 aromatic carbocycles. The number of carbonyl (C=O) groups excluding carboxylic acids is 2. The Morgan fingerprint density at radius 2 is 1.91 bits per heavy atom. The summed E-state index contributed by atoms with van der Waals surface area (Å²) in [6.45, 7) is 7.02. The number of anilines is 1. The van der Waals surface area contributed by atoms with E-state index in [1.807, 2.05) is 56.3 Å². The summed E-state index contributed by atoms with van der Waals surface area (Å²) in [5.41, 5.74) is 1.32. The molecule has 2 amide bonds. The molecule has 0 saturated heterocycles. The molecule has 5 heterocycles. The lowest BCUT2D eigenvalue weighted by atomic mass is 9.72. The molecule has 3 aliphatic rings. The van der Waals surface area contributed by atoms with Crippen LogP contribution in [0.25, 0.3) is 11.6 Å². The van der Waals surface area contributed by atoms with Gasteiger partial charge >= 0.3 is 0 Å². The fourth-order valence-electron chi connectivity index (χ4n) is 6.80. The van der Waals surface area contributed by atoms with Gasteiger partial charge in [0, 0.05) is 17.7 Å². The van der Waals surface area contributed by atoms with Crippen LogP contribution >= 0.6 is 0 Å². The molecule has 4 aromatic rings. The van der Waals surface area contributed by atoms with Gasteiger partial charge in [0.1, 0.15) is 40.8 Å². The van der Waals surface area contributed by atoms with Gasteiger partial charge < -0.3 is 39.7 Å². The van der Waals surface area contributed by atoms with Gasteiger partial charge in [-0.05, 0) is 42.0 Å². The van der Waals surface area contributed by atoms with Crippen molar-refractivity contribution in [1.29, 1.82) is 0 Å². The minimum Gasteiger partial charge on any atom is -0.469 e. The number of hydrogen-bond donors (Lipinski definition) is 5. The lowest BCUT2D eigenvalue weighted by Gasteiger charge is -2.30. The highest BCUT2D eigenvalue weighted by Crippen LogP contribution is 2.59. The average molecular weight is 628 g/mol. The summed E-state index contributed by atoms with van der Waals surface area (Å²) in [5.74, 6) is 0.195. The topological polar surface area (TPSA) is 172 Å². The Labute approximate surface area is 265 Å². The number of hydrogen-bond acceptors (Lipinski definition) is 10. The molecule has 2 aromatic heterocycles. The first-order valence-corrected chi connectivity index (χ1v) is 15.7. The highest BCUT2D eigenvalue weighted by molar-refractivity contribution is 5.91. The molecule has 0 saturated carbocycles. The number of aliphatic hydroxyl groups is 2. The Balaban J connectivity index is 1.47.